The van der Waals surface area contributed by atoms with Crippen LogP contribution in [-0.4, -0.2) is 44.7 Å². The molecule has 0 saturated heterocycles. The maximum absolute atomic E-state index is 13.3. The third-order valence-corrected chi connectivity index (χ3v) is 7.34. The lowest BCUT2D eigenvalue weighted by molar-refractivity contribution is 0.0730. The molecule has 0 N–H and O–H groups in total. The second-order valence-corrected chi connectivity index (χ2v) is 10.0. The average Bonchev–Trinajstić information content (AvgIpc) is 3.26. The Morgan fingerprint density at radius 2 is 1.67 bits per heavy atom. The fourth-order valence-corrected chi connectivity index (χ4v) is 4.61. The minimum absolute atomic E-state index is 0.151. The van der Waals surface area contributed by atoms with Gasteiger partial charge in [-0.2, -0.15) is 0 Å². The van der Waals surface area contributed by atoms with Crippen LogP contribution in [0.2, 0.25) is 0 Å². The summed E-state index contributed by atoms with van der Waals surface area (Å²) in [7, 11) is 1.01. The summed E-state index contributed by atoms with van der Waals surface area (Å²) in [5, 5.41) is 1.97. The SMILES string of the molecule is COc1ccccc1CN(Cc1cccs1)C(=O)c1ccc(S(=O)(=O)N(C)C)cc1. The molecule has 30 heavy (non-hydrogen) atoms. The maximum atomic E-state index is 13.3. The number of ether oxygens (including phenoxy) is 1. The highest BCUT2D eigenvalue weighted by atomic mass is 32.2. The van der Waals surface area contributed by atoms with E-state index in [4.69, 9.17) is 4.74 Å². The van der Waals surface area contributed by atoms with Crippen molar-refractivity contribution in [3.63, 3.8) is 0 Å². The van der Waals surface area contributed by atoms with E-state index in [1.54, 1.807) is 35.5 Å². The molecule has 0 aliphatic carbocycles. The third-order valence-electron chi connectivity index (χ3n) is 4.65. The van der Waals surface area contributed by atoms with Crippen molar-refractivity contribution >= 4 is 27.3 Å². The molecule has 0 bridgehead atoms. The summed E-state index contributed by atoms with van der Waals surface area (Å²) in [6.45, 7) is 0.824. The largest absolute Gasteiger partial charge is 0.496 e. The molecule has 0 atom stereocenters. The van der Waals surface area contributed by atoms with Crippen molar-refractivity contribution in [3.05, 3.63) is 82.0 Å². The zero-order chi connectivity index (χ0) is 21.7. The number of sulfonamides is 1. The Kier molecular flexibility index (Phi) is 6.91. The second-order valence-electron chi connectivity index (χ2n) is 6.86. The van der Waals surface area contributed by atoms with Crippen molar-refractivity contribution in [1.82, 2.24) is 9.21 Å². The number of para-hydroxylation sites is 1. The molecular weight excluding hydrogens is 420 g/mol. The molecule has 8 heteroatoms. The molecule has 1 amide bonds. The molecule has 3 rings (SSSR count). The fourth-order valence-electron chi connectivity index (χ4n) is 2.99. The fraction of sp³-hybridized carbons (Fsp3) is 0.227. The van der Waals surface area contributed by atoms with E-state index < -0.39 is 10.0 Å². The third kappa shape index (κ3) is 4.89. The molecule has 0 spiro atoms. The molecular formula is C22H24N2O4S2. The summed E-state index contributed by atoms with van der Waals surface area (Å²) in [5.41, 5.74) is 1.33. The summed E-state index contributed by atoms with van der Waals surface area (Å²) in [5.74, 6) is 0.539. The van der Waals surface area contributed by atoms with Gasteiger partial charge in [0.15, 0.2) is 0 Å². The molecule has 2 aromatic carbocycles. The van der Waals surface area contributed by atoms with Crippen LogP contribution in [0.15, 0.2) is 70.9 Å². The molecule has 0 radical (unpaired) electrons. The van der Waals surface area contributed by atoms with Crippen LogP contribution in [0.3, 0.4) is 0 Å². The Bertz CT molecular complexity index is 1090. The van der Waals surface area contributed by atoms with E-state index >= 15 is 0 Å². The minimum atomic E-state index is -3.54. The number of benzene rings is 2. The Morgan fingerprint density at radius 1 is 0.967 bits per heavy atom. The van der Waals surface area contributed by atoms with Crippen LogP contribution in [0.5, 0.6) is 5.75 Å². The van der Waals surface area contributed by atoms with Gasteiger partial charge < -0.3 is 9.64 Å². The van der Waals surface area contributed by atoms with E-state index in [1.165, 1.54) is 26.2 Å². The van der Waals surface area contributed by atoms with Crippen molar-refractivity contribution in [3.8, 4) is 5.75 Å². The number of carbonyl (C=O) groups is 1. The predicted octanol–water partition coefficient (Wildman–Crippen LogP) is 3.85. The summed E-state index contributed by atoms with van der Waals surface area (Å²) in [6.07, 6.45) is 0. The zero-order valence-electron chi connectivity index (χ0n) is 17.1. The standard InChI is InChI=1S/C22H24N2O4S2/c1-23(2)30(26,27)20-12-10-17(11-13-20)22(25)24(16-19-8-6-14-29-19)15-18-7-4-5-9-21(18)28-3/h4-14H,15-16H2,1-3H3. The smallest absolute Gasteiger partial charge is 0.254 e. The molecule has 0 fully saturated rings. The lowest BCUT2D eigenvalue weighted by Gasteiger charge is -2.23. The van der Waals surface area contributed by atoms with Crippen LogP contribution in [0.25, 0.3) is 0 Å². The van der Waals surface area contributed by atoms with Gasteiger partial charge in [-0.3, -0.25) is 4.79 Å². The van der Waals surface area contributed by atoms with Crippen LogP contribution >= 0.6 is 11.3 Å². The van der Waals surface area contributed by atoms with Gasteiger partial charge in [0, 0.05) is 30.1 Å². The number of hydrogen-bond acceptors (Lipinski definition) is 5. The first-order chi connectivity index (χ1) is 14.3. The predicted molar refractivity (Wildman–Crippen MR) is 118 cm³/mol. The van der Waals surface area contributed by atoms with Crippen LogP contribution in [0, 0.1) is 0 Å². The van der Waals surface area contributed by atoms with Crippen molar-refractivity contribution in [1.29, 1.82) is 0 Å². The number of thiophene rings is 1. The van der Waals surface area contributed by atoms with E-state index in [1.807, 2.05) is 41.8 Å². The Morgan fingerprint density at radius 3 is 2.27 bits per heavy atom. The van der Waals surface area contributed by atoms with E-state index in [0.717, 1.165) is 14.7 Å². The minimum Gasteiger partial charge on any atom is -0.496 e. The molecule has 0 saturated carbocycles. The van der Waals surface area contributed by atoms with E-state index in [0.29, 0.717) is 24.4 Å². The van der Waals surface area contributed by atoms with Gasteiger partial charge in [0.1, 0.15) is 5.75 Å². The highest BCUT2D eigenvalue weighted by Gasteiger charge is 2.21. The molecule has 0 aliphatic rings. The molecule has 3 aromatic rings. The molecule has 1 heterocycles. The number of amides is 1. The number of nitrogens with zero attached hydrogens (tertiary/aromatic N) is 2. The van der Waals surface area contributed by atoms with Crippen molar-refractivity contribution in [2.45, 2.75) is 18.0 Å². The summed E-state index contributed by atoms with van der Waals surface area (Å²) in [6, 6.07) is 17.6. The quantitative estimate of drug-likeness (QED) is 0.529. The second kappa shape index (κ2) is 9.42. The average molecular weight is 445 g/mol. The van der Waals surface area contributed by atoms with Gasteiger partial charge in [0.2, 0.25) is 10.0 Å². The monoisotopic (exact) mass is 444 g/mol. The first-order valence-electron chi connectivity index (χ1n) is 9.29. The van der Waals surface area contributed by atoms with Gasteiger partial charge in [-0.1, -0.05) is 24.3 Å². The first-order valence-corrected chi connectivity index (χ1v) is 11.6. The van der Waals surface area contributed by atoms with Crippen molar-refractivity contribution in [2.75, 3.05) is 21.2 Å². The normalized spacial score (nSPS) is 11.5. The summed E-state index contributed by atoms with van der Waals surface area (Å²) < 4.78 is 31.2. The van der Waals surface area contributed by atoms with Crippen LogP contribution in [0.1, 0.15) is 20.8 Å². The Labute approximate surface area is 181 Å². The number of carbonyl (C=O) groups excluding carboxylic acids is 1. The number of hydrogen-bond donors (Lipinski definition) is 0. The topological polar surface area (TPSA) is 66.9 Å². The van der Waals surface area contributed by atoms with Gasteiger partial charge >= 0.3 is 0 Å². The summed E-state index contributed by atoms with van der Waals surface area (Å²) in [4.78, 5) is 16.2. The van der Waals surface area contributed by atoms with Gasteiger partial charge in [0.25, 0.3) is 5.91 Å². The number of methoxy groups -OCH3 is 1. The highest BCUT2D eigenvalue weighted by molar-refractivity contribution is 7.89. The van der Waals surface area contributed by atoms with Crippen molar-refractivity contribution in [2.24, 2.45) is 0 Å². The van der Waals surface area contributed by atoms with Crippen molar-refractivity contribution < 1.29 is 17.9 Å². The van der Waals surface area contributed by atoms with E-state index in [2.05, 4.69) is 0 Å². The van der Waals surface area contributed by atoms with Gasteiger partial charge in [-0.15, -0.1) is 11.3 Å². The van der Waals surface area contributed by atoms with Gasteiger partial charge in [-0.25, -0.2) is 12.7 Å². The van der Waals surface area contributed by atoms with Crippen LogP contribution in [0.4, 0.5) is 0 Å². The lowest BCUT2D eigenvalue weighted by Crippen LogP contribution is -2.30. The van der Waals surface area contributed by atoms with Gasteiger partial charge in [-0.05, 0) is 41.8 Å². The Hall–Kier alpha value is -2.68. The summed E-state index contributed by atoms with van der Waals surface area (Å²) >= 11 is 1.58. The molecule has 158 valence electrons. The van der Waals surface area contributed by atoms with E-state index in [-0.39, 0.29) is 10.8 Å². The highest BCUT2D eigenvalue weighted by Crippen LogP contribution is 2.23. The van der Waals surface area contributed by atoms with Crippen LogP contribution < -0.4 is 4.74 Å². The number of rotatable bonds is 8. The van der Waals surface area contributed by atoms with Crippen LogP contribution in [-0.2, 0) is 23.1 Å². The molecule has 1 aromatic heterocycles. The molecule has 0 aliphatic heterocycles. The van der Waals surface area contributed by atoms with Gasteiger partial charge in [0.05, 0.1) is 25.1 Å². The maximum Gasteiger partial charge on any atom is 0.254 e. The molecule has 0 unspecified atom stereocenters. The Balaban J connectivity index is 1.90. The molecule has 6 nitrogen and oxygen atoms in total. The zero-order valence-corrected chi connectivity index (χ0v) is 18.7. The van der Waals surface area contributed by atoms with E-state index in [9.17, 15) is 13.2 Å². The first kappa shape index (κ1) is 22.0. The lowest BCUT2D eigenvalue weighted by atomic mass is 10.1.